The van der Waals surface area contributed by atoms with Crippen LogP contribution in [0.5, 0.6) is 0 Å². The van der Waals surface area contributed by atoms with Crippen LogP contribution in [0.4, 0.5) is 0 Å². The molecule has 0 aliphatic heterocycles. The standard InChI is InChI=1S/C49H31N3O/c1-4-11-32(12-5-1)34-19-21-35(22-20-34)42-17-10-18-44-46(42)43-28-27-41(31-45(43)53-44)49-51-47(36-15-8-3-9-16-36)50-48(52-49)40-26-25-38-29-37(23-24-39(38)30-40)33-13-6-2-7-14-33/h1-31H. The van der Waals surface area contributed by atoms with Crippen LogP contribution in [0.2, 0.25) is 0 Å². The predicted octanol–water partition coefficient (Wildman–Crippen LogP) is 12.9. The van der Waals surface area contributed by atoms with E-state index < -0.39 is 0 Å². The molecule has 10 aromatic rings. The van der Waals surface area contributed by atoms with Gasteiger partial charge in [-0.05, 0) is 74.5 Å². The van der Waals surface area contributed by atoms with Gasteiger partial charge in [0.05, 0.1) is 0 Å². The molecule has 8 aromatic carbocycles. The zero-order valence-corrected chi connectivity index (χ0v) is 28.6. The molecule has 4 heteroatoms. The fraction of sp³-hybridized carbons (Fsp3) is 0. The number of hydrogen-bond acceptors (Lipinski definition) is 4. The van der Waals surface area contributed by atoms with Crippen LogP contribution < -0.4 is 0 Å². The van der Waals surface area contributed by atoms with E-state index in [1.807, 2.05) is 48.5 Å². The Morgan fingerprint density at radius 3 is 1.43 bits per heavy atom. The van der Waals surface area contributed by atoms with Gasteiger partial charge in [0, 0.05) is 27.5 Å². The average Bonchev–Trinajstić information content (AvgIpc) is 3.62. The molecular formula is C49H31N3O. The van der Waals surface area contributed by atoms with Crippen LogP contribution in [-0.2, 0) is 0 Å². The summed E-state index contributed by atoms with van der Waals surface area (Å²) in [6.45, 7) is 0. The van der Waals surface area contributed by atoms with E-state index in [4.69, 9.17) is 19.4 Å². The number of rotatable bonds is 6. The Morgan fingerprint density at radius 1 is 0.302 bits per heavy atom. The maximum absolute atomic E-state index is 6.52. The second-order valence-corrected chi connectivity index (χ2v) is 13.3. The zero-order chi connectivity index (χ0) is 35.1. The maximum atomic E-state index is 6.52. The van der Waals surface area contributed by atoms with Crippen molar-refractivity contribution in [2.24, 2.45) is 0 Å². The van der Waals surface area contributed by atoms with E-state index in [0.717, 1.165) is 60.5 Å². The molecule has 10 rings (SSSR count). The minimum atomic E-state index is 0.590. The van der Waals surface area contributed by atoms with Gasteiger partial charge in [0.2, 0.25) is 0 Å². The second-order valence-electron chi connectivity index (χ2n) is 13.3. The summed E-state index contributed by atoms with van der Waals surface area (Å²) >= 11 is 0. The summed E-state index contributed by atoms with van der Waals surface area (Å²) in [5.74, 6) is 1.83. The summed E-state index contributed by atoms with van der Waals surface area (Å²) in [4.78, 5) is 15.1. The van der Waals surface area contributed by atoms with E-state index in [-0.39, 0.29) is 0 Å². The lowest BCUT2D eigenvalue weighted by Crippen LogP contribution is -2.00. The number of fused-ring (bicyclic) bond motifs is 4. The zero-order valence-electron chi connectivity index (χ0n) is 28.6. The largest absolute Gasteiger partial charge is 0.456 e. The molecule has 2 aromatic heterocycles. The third-order valence-electron chi connectivity index (χ3n) is 9.93. The Hall–Kier alpha value is -7.17. The van der Waals surface area contributed by atoms with E-state index in [9.17, 15) is 0 Å². The summed E-state index contributed by atoms with van der Waals surface area (Å²) in [6, 6.07) is 65.3. The molecule has 0 saturated carbocycles. The molecular weight excluding hydrogens is 647 g/mol. The van der Waals surface area contributed by atoms with Crippen LogP contribution in [-0.4, -0.2) is 15.0 Å². The van der Waals surface area contributed by atoms with Crippen LogP contribution in [0.15, 0.2) is 192 Å². The highest BCUT2D eigenvalue weighted by molar-refractivity contribution is 6.13. The molecule has 0 aliphatic carbocycles. The molecule has 2 heterocycles. The topological polar surface area (TPSA) is 51.8 Å². The fourth-order valence-corrected chi connectivity index (χ4v) is 7.22. The van der Waals surface area contributed by atoms with Gasteiger partial charge in [-0.3, -0.25) is 0 Å². The number of hydrogen-bond donors (Lipinski definition) is 0. The van der Waals surface area contributed by atoms with Gasteiger partial charge in [-0.1, -0.05) is 158 Å². The van der Waals surface area contributed by atoms with Gasteiger partial charge in [0.25, 0.3) is 0 Å². The SMILES string of the molecule is c1ccc(-c2ccc(-c3cccc4oc5cc(-c6nc(-c7ccccc7)nc(-c7ccc8cc(-c9ccccc9)ccc8c7)n6)ccc5c34)cc2)cc1. The molecule has 0 atom stereocenters. The number of benzene rings is 8. The van der Waals surface area contributed by atoms with Crippen LogP contribution in [0.1, 0.15) is 0 Å². The van der Waals surface area contributed by atoms with Crippen molar-refractivity contribution in [1.29, 1.82) is 0 Å². The maximum Gasteiger partial charge on any atom is 0.164 e. The Kier molecular flexibility index (Phi) is 7.43. The molecule has 248 valence electrons. The van der Waals surface area contributed by atoms with Crippen molar-refractivity contribution >= 4 is 32.7 Å². The first-order valence-electron chi connectivity index (χ1n) is 17.8. The van der Waals surface area contributed by atoms with Crippen LogP contribution in [0.25, 0.3) is 100 Å². The molecule has 0 bridgehead atoms. The molecule has 53 heavy (non-hydrogen) atoms. The van der Waals surface area contributed by atoms with E-state index in [0.29, 0.717) is 17.5 Å². The second kappa shape index (κ2) is 12.9. The van der Waals surface area contributed by atoms with Gasteiger partial charge in [-0.2, -0.15) is 0 Å². The summed E-state index contributed by atoms with van der Waals surface area (Å²) in [7, 11) is 0. The third kappa shape index (κ3) is 5.73. The monoisotopic (exact) mass is 677 g/mol. The van der Waals surface area contributed by atoms with Crippen molar-refractivity contribution in [3.8, 4) is 67.5 Å². The lowest BCUT2D eigenvalue weighted by molar-refractivity contribution is 0.669. The molecule has 0 N–H and O–H groups in total. The van der Waals surface area contributed by atoms with Crippen LogP contribution in [0, 0.1) is 0 Å². The highest BCUT2D eigenvalue weighted by atomic mass is 16.3. The van der Waals surface area contributed by atoms with Crippen LogP contribution in [0.3, 0.4) is 0 Å². The van der Waals surface area contributed by atoms with E-state index in [1.54, 1.807) is 0 Å². The lowest BCUT2D eigenvalue weighted by Gasteiger charge is -2.10. The average molecular weight is 678 g/mol. The van der Waals surface area contributed by atoms with Crippen molar-refractivity contribution < 1.29 is 4.42 Å². The van der Waals surface area contributed by atoms with Crippen molar-refractivity contribution in [3.63, 3.8) is 0 Å². The van der Waals surface area contributed by atoms with E-state index in [2.05, 4.69) is 140 Å². The molecule has 0 fully saturated rings. The third-order valence-corrected chi connectivity index (χ3v) is 9.93. The number of aromatic nitrogens is 3. The normalized spacial score (nSPS) is 11.4. The van der Waals surface area contributed by atoms with Gasteiger partial charge < -0.3 is 4.42 Å². The van der Waals surface area contributed by atoms with Gasteiger partial charge in [-0.25, -0.2) is 15.0 Å². The number of nitrogens with zero attached hydrogens (tertiary/aromatic N) is 3. The molecule has 0 spiro atoms. The molecule has 0 radical (unpaired) electrons. The molecule has 0 saturated heterocycles. The van der Waals surface area contributed by atoms with Crippen molar-refractivity contribution in [2.45, 2.75) is 0 Å². The van der Waals surface area contributed by atoms with E-state index in [1.165, 1.54) is 22.3 Å². The minimum absolute atomic E-state index is 0.590. The highest BCUT2D eigenvalue weighted by Crippen LogP contribution is 2.39. The quantitative estimate of drug-likeness (QED) is 0.176. The van der Waals surface area contributed by atoms with Crippen molar-refractivity contribution in [3.05, 3.63) is 188 Å². The van der Waals surface area contributed by atoms with E-state index >= 15 is 0 Å². The lowest BCUT2D eigenvalue weighted by atomic mass is 9.96. The Bertz CT molecular complexity index is 2920. The van der Waals surface area contributed by atoms with Crippen molar-refractivity contribution in [1.82, 2.24) is 15.0 Å². The number of furan rings is 1. The summed E-state index contributed by atoms with van der Waals surface area (Å²) in [6.07, 6.45) is 0. The predicted molar refractivity (Wildman–Crippen MR) is 217 cm³/mol. The van der Waals surface area contributed by atoms with Crippen molar-refractivity contribution in [2.75, 3.05) is 0 Å². The first-order valence-corrected chi connectivity index (χ1v) is 17.8. The first kappa shape index (κ1) is 30.6. The smallest absolute Gasteiger partial charge is 0.164 e. The van der Waals surface area contributed by atoms with Gasteiger partial charge >= 0.3 is 0 Å². The molecule has 4 nitrogen and oxygen atoms in total. The first-order chi connectivity index (χ1) is 26.2. The highest BCUT2D eigenvalue weighted by Gasteiger charge is 2.17. The molecule has 0 unspecified atom stereocenters. The Balaban J connectivity index is 1.06. The molecule has 0 amide bonds. The summed E-state index contributed by atoms with van der Waals surface area (Å²) in [5.41, 5.74) is 11.4. The van der Waals surface area contributed by atoms with Gasteiger partial charge in [0.1, 0.15) is 11.2 Å². The Morgan fingerprint density at radius 2 is 0.774 bits per heavy atom. The summed E-state index contributed by atoms with van der Waals surface area (Å²) < 4.78 is 6.52. The minimum Gasteiger partial charge on any atom is -0.456 e. The van der Waals surface area contributed by atoms with Crippen LogP contribution >= 0.6 is 0 Å². The van der Waals surface area contributed by atoms with Gasteiger partial charge in [0.15, 0.2) is 17.5 Å². The van der Waals surface area contributed by atoms with Gasteiger partial charge in [-0.15, -0.1) is 0 Å². The fourth-order valence-electron chi connectivity index (χ4n) is 7.22. The molecule has 0 aliphatic rings. The summed E-state index contributed by atoms with van der Waals surface area (Å²) in [5, 5.41) is 4.43. The Labute approximate surface area is 306 Å².